The minimum atomic E-state index is -0.174. The van der Waals surface area contributed by atoms with Crippen LogP contribution in [-0.2, 0) is 9.53 Å². The van der Waals surface area contributed by atoms with Gasteiger partial charge in [-0.1, -0.05) is 40.7 Å². The van der Waals surface area contributed by atoms with E-state index in [-0.39, 0.29) is 18.6 Å². The predicted octanol–water partition coefficient (Wildman–Crippen LogP) is 5.12. The largest absolute Gasteiger partial charge is 0.461 e. The first-order valence-electron chi connectivity index (χ1n) is 9.88. The molecule has 26 heavy (non-hydrogen) atoms. The van der Waals surface area contributed by atoms with Gasteiger partial charge in [0.15, 0.2) is 0 Å². The lowest BCUT2D eigenvalue weighted by atomic mass is 9.75. The second-order valence-electron chi connectivity index (χ2n) is 8.02. The van der Waals surface area contributed by atoms with Crippen molar-refractivity contribution in [1.82, 2.24) is 4.98 Å². The summed E-state index contributed by atoms with van der Waals surface area (Å²) in [5.41, 5.74) is 2.90. The molecule has 0 N–H and O–H groups in total. The van der Waals surface area contributed by atoms with Gasteiger partial charge < -0.3 is 9.64 Å². The summed E-state index contributed by atoms with van der Waals surface area (Å²) in [7, 11) is 0. The lowest BCUT2D eigenvalue weighted by Crippen LogP contribution is -2.39. The third-order valence-electron chi connectivity index (χ3n) is 5.62. The molecule has 4 heteroatoms. The molecule has 1 aromatic heterocycles. The van der Waals surface area contributed by atoms with E-state index >= 15 is 0 Å². The van der Waals surface area contributed by atoms with Crippen LogP contribution in [0.5, 0.6) is 0 Å². The van der Waals surface area contributed by atoms with E-state index in [4.69, 9.17) is 4.74 Å². The summed E-state index contributed by atoms with van der Waals surface area (Å²) in [6.45, 7) is 15.1. The Bertz CT molecular complexity index is 626. The summed E-state index contributed by atoms with van der Waals surface area (Å²) in [5.74, 6) is 1.43. The van der Waals surface area contributed by atoms with Crippen molar-refractivity contribution in [2.24, 2.45) is 17.8 Å². The number of esters is 1. The zero-order valence-corrected chi connectivity index (χ0v) is 17.0. The summed E-state index contributed by atoms with van der Waals surface area (Å²) in [6.07, 6.45) is 7.70. The number of carbonyl (C=O) groups excluding carboxylic acids is 1. The molecule has 0 radical (unpaired) electrons. The second kappa shape index (κ2) is 9.20. The van der Waals surface area contributed by atoms with Crippen LogP contribution in [0.25, 0.3) is 0 Å². The Morgan fingerprint density at radius 2 is 2.15 bits per heavy atom. The number of aromatic nitrogens is 1. The molecule has 1 aromatic rings. The highest BCUT2D eigenvalue weighted by Gasteiger charge is 2.33. The average Bonchev–Trinajstić information content (AvgIpc) is 2.59. The molecule has 1 saturated carbocycles. The van der Waals surface area contributed by atoms with Gasteiger partial charge in [-0.2, -0.15) is 0 Å². The number of rotatable bonds is 7. The van der Waals surface area contributed by atoms with Crippen LogP contribution in [0.15, 0.2) is 30.7 Å². The fourth-order valence-electron chi connectivity index (χ4n) is 3.88. The number of nitrogens with zero attached hydrogens (tertiary/aromatic N) is 2. The summed E-state index contributed by atoms with van der Waals surface area (Å²) in [4.78, 5) is 18.9. The molecule has 0 amide bonds. The SMILES string of the molecule is C=C(CC)N(CC(=O)O[C@@H]1C[C@H](C)CC[C@H]1C(C)C)c1cnccc1C. The number of hydrogen-bond acceptors (Lipinski definition) is 4. The molecular formula is C22H34N2O2. The van der Waals surface area contributed by atoms with Crippen LogP contribution >= 0.6 is 0 Å². The van der Waals surface area contributed by atoms with Crippen LogP contribution in [0.3, 0.4) is 0 Å². The van der Waals surface area contributed by atoms with Gasteiger partial charge in [-0.3, -0.25) is 9.78 Å². The first-order chi connectivity index (χ1) is 12.3. The predicted molar refractivity (Wildman–Crippen MR) is 107 cm³/mol. The molecular weight excluding hydrogens is 324 g/mol. The molecule has 0 aliphatic heterocycles. The van der Waals surface area contributed by atoms with Gasteiger partial charge in [0.2, 0.25) is 0 Å². The Morgan fingerprint density at radius 1 is 1.42 bits per heavy atom. The topological polar surface area (TPSA) is 42.4 Å². The van der Waals surface area contributed by atoms with Gasteiger partial charge in [0.1, 0.15) is 12.6 Å². The summed E-state index contributed by atoms with van der Waals surface area (Å²) < 4.78 is 5.98. The highest BCUT2D eigenvalue weighted by molar-refractivity contribution is 5.77. The van der Waals surface area contributed by atoms with E-state index in [1.54, 1.807) is 12.4 Å². The lowest BCUT2D eigenvalue weighted by molar-refractivity contribution is -0.154. The molecule has 144 valence electrons. The van der Waals surface area contributed by atoms with E-state index in [1.165, 1.54) is 6.42 Å². The van der Waals surface area contributed by atoms with E-state index in [0.717, 1.165) is 36.2 Å². The molecule has 0 aromatic carbocycles. The number of hydrogen-bond donors (Lipinski definition) is 0. The van der Waals surface area contributed by atoms with Crippen molar-refractivity contribution in [3.63, 3.8) is 0 Å². The van der Waals surface area contributed by atoms with Crippen molar-refractivity contribution < 1.29 is 9.53 Å². The normalized spacial score (nSPS) is 22.9. The number of anilines is 1. The van der Waals surface area contributed by atoms with Crippen LogP contribution in [0.2, 0.25) is 0 Å². The molecule has 2 rings (SSSR count). The minimum absolute atomic E-state index is 0.0259. The van der Waals surface area contributed by atoms with Crippen molar-refractivity contribution in [2.75, 3.05) is 11.4 Å². The van der Waals surface area contributed by atoms with Gasteiger partial charge in [-0.05, 0) is 55.6 Å². The van der Waals surface area contributed by atoms with Crippen LogP contribution in [0, 0.1) is 24.7 Å². The molecule has 1 aliphatic carbocycles. The van der Waals surface area contributed by atoms with Crippen molar-refractivity contribution >= 4 is 11.7 Å². The minimum Gasteiger partial charge on any atom is -0.461 e. The Labute approximate surface area is 158 Å². The molecule has 0 saturated heterocycles. The zero-order valence-electron chi connectivity index (χ0n) is 17.0. The fraction of sp³-hybridized carbons (Fsp3) is 0.636. The fourth-order valence-corrected chi connectivity index (χ4v) is 3.88. The third kappa shape index (κ3) is 5.09. The first kappa shape index (κ1) is 20.5. The maximum atomic E-state index is 12.8. The monoisotopic (exact) mass is 358 g/mol. The summed E-state index contributed by atoms with van der Waals surface area (Å²) >= 11 is 0. The first-order valence-corrected chi connectivity index (χ1v) is 9.88. The van der Waals surface area contributed by atoms with Crippen LogP contribution in [0.4, 0.5) is 5.69 Å². The van der Waals surface area contributed by atoms with Crippen molar-refractivity contribution in [1.29, 1.82) is 0 Å². The maximum absolute atomic E-state index is 12.8. The molecule has 0 spiro atoms. The molecule has 3 atom stereocenters. The van der Waals surface area contributed by atoms with Gasteiger partial charge in [0, 0.05) is 11.9 Å². The van der Waals surface area contributed by atoms with Crippen LogP contribution < -0.4 is 4.90 Å². The Hall–Kier alpha value is -1.84. The number of aryl methyl sites for hydroxylation is 1. The van der Waals surface area contributed by atoms with E-state index in [1.807, 2.05) is 24.8 Å². The van der Waals surface area contributed by atoms with Gasteiger partial charge in [-0.25, -0.2) is 0 Å². The summed E-state index contributed by atoms with van der Waals surface area (Å²) in [5, 5.41) is 0. The number of ether oxygens (including phenoxy) is 1. The molecule has 1 heterocycles. The maximum Gasteiger partial charge on any atom is 0.326 e. The molecule has 4 nitrogen and oxygen atoms in total. The molecule has 0 bridgehead atoms. The molecule has 0 unspecified atom stereocenters. The van der Waals surface area contributed by atoms with E-state index < -0.39 is 0 Å². The van der Waals surface area contributed by atoms with Crippen molar-refractivity contribution in [3.05, 3.63) is 36.3 Å². The highest BCUT2D eigenvalue weighted by Crippen LogP contribution is 2.35. The van der Waals surface area contributed by atoms with E-state index in [2.05, 4.69) is 32.3 Å². The average molecular weight is 359 g/mol. The number of carbonyl (C=O) groups is 1. The molecule has 1 aliphatic rings. The van der Waals surface area contributed by atoms with Crippen LogP contribution in [-0.4, -0.2) is 23.6 Å². The van der Waals surface area contributed by atoms with Crippen LogP contribution in [0.1, 0.15) is 58.9 Å². The van der Waals surface area contributed by atoms with E-state index in [9.17, 15) is 4.79 Å². The zero-order chi connectivity index (χ0) is 19.3. The number of pyridine rings is 1. The standard InChI is InChI=1S/C22H34N2O2/c1-7-18(6)24(20-13-23-11-10-17(20)5)14-22(25)26-21-12-16(4)8-9-19(21)15(2)3/h10-11,13,15-16,19,21H,6-9,12,14H2,1-5H3/t16-,19+,21-/m1/s1. The quantitative estimate of drug-likeness (QED) is 0.634. The second-order valence-corrected chi connectivity index (χ2v) is 8.02. The Balaban J connectivity index is 2.11. The Kier molecular flexibility index (Phi) is 7.24. The smallest absolute Gasteiger partial charge is 0.326 e. The van der Waals surface area contributed by atoms with Gasteiger partial charge in [0.05, 0.1) is 11.9 Å². The summed E-state index contributed by atoms with van der Waals surface area (Å²) in [6, 6.07) is 1.95. The van der Waals surface area contributed by atoms with Gasteiger partial charge >= 0.3 is 5.97 Å². The van der Waals surface area contributed by atoms with Gasteiger partial charge in [0.25, 0.3) is 0 Å². The third-order valence-corrected chi connectivity index (χ3v) is 5.62. The lowest BCUT2D eigenvalue weighted by Gasteiger charge is -2.37. The van der Waals surface area contributed by atoms with Gasteiger partial charge in [-0.15, -0.1) is 0 Å². The Morgan fingerprint density at radius 3 is 2.77 bits per heavy atom. The van der Waals surface area contributed by atoms with E-state index in [0.29, 0.717) is 17.8 Å². The highest BCUT2D eigenvalue weighted by atomic mass is 16.5. The van der Waals surface area contributed by atoms with Crippen molar-refractivity contribution in [3.8, 4) is 0 Å². The molecule has 1 fully saturated rings. The van der Waals surface area contributed by atoms with Crippen molar-refractivity contribution in [2.45, 2.75) is 66.4 Å². The number of allylic oxidation sites excluding steroid dienone is 1.